The van der Waals surface area contributed by atoms with Crippen molar-refractivity contribution in [3.05, 3.63) is 51.7 Å². The van der Waals surface area contributed by atoms with E-state index in [4.69, 9.17) is 4.74 Å². The van der Waals surface area contributed by atoms with E-state index in [2.05, 4.69) is 19.2 Å². The van der Waals surface area contributed by atoms with Crippen molar-refractivity contribution < 1.29 is 19.4 Å². The van der Waals surface area contributed by atoms with Gasteiger partial charge in [-0.1, -0.05) is 26.0 Å². The number of carbonyl (C=O) groups is 2. The number of phenols is 1. The Morgan fingerprint density at radius 3 is 2.26 bits per heavy atom. The van der Waals surface area contributed by atoms with Crippen molar-refractivity contribution in [1.29, 1.82) is 0 Å². The summed E-state index contributed by atoms with van der Waals surface area (Å²) >= 11 is 1.43. The molecule has 146 valence electrons. The molecule has 1 aromatic carbocycles. The summed E-state index contributed by atoms with van der Waals surface area (Å²) in [7, 11) is 0. The smallest absolute Gasteiger partial charge is 0.329 e. The summed E-state index contributed by atoms with van der Waals surface area (Å²) in [6, 6.07) is 9.46. The molecule has 1 aromatic heterocycles. The lowest BCUT2D eigenvalue weighted by molar-refractivity contribution is -0.157. The van der Waals surface area contributed by atoms with Crippen LogP contribution in [0, 0.1) is 0 Å². The van der Waals surface area contributed by atoms with Crippen LogP contribution in [-0.4, -0.2) is 28.6 Å². The van der Waals surface area contributed by atoms with Crippen LogP contribution >= 0.6 is 11.3 Å². The van der Waals surface area contributed by atoms with E-state index in [9.17, 15) is 14.7 Å². The average Bonchev–Trinajstić information content (AvgIpc) is 3.05. The second-order valence-electron chi connectivity index (χ2n) is 7.79. The number of aromatic hydroxyl groups is 1. The molecule has 0 bridgehead atoms. The molecule has 0 spiro atoms. The molecule has 1 amide bonds. The number of phenolic OH excluding ortho intramolecular Hbond substituents is 1. The third-order valence-electron chi connectivity index (χ3n) is 3.79. The Morgan fingerprint density at radius 2 is 1.74 bits per heavy atom. The monoisotopic (exact) mass is 389 g/mol. The minimum Gasteiger partial charge on any atom is -0.508 e. The molecule has 0 fully saturated rings. The average molecular weight is 390 g/mol. The predicted octanol–water partition coefficient (Wildman–Crippen LogP) is 4.26. The Labute approximate surface area is 164 Å². The minimum absolute atomic E-state index is 0.149. The summed E-state index contributed by atoms with van der Waals surface area (Å²) in [5.41, 5.74) is 0.168. The van der Waals surface area contributed by atoms with Gasteiger partial charge in [0.05, 0.1) is 4.88 Å². The van der Waals surface area contributed by atoms with Gasteiger partial charge < -0.3 is 15.2 Å². The van der Waals surface area contributed by atoms with E-state index in [0.717, 1.165) is 10.4 Å². The van der Waals surface area contributed by atoms with Crippen LogP contribution < -0.4 is 5.32 Å². The first-order chi connectivity index (χ1) is 12.5. The molecular weight excluding hydrogens is 362 g/mol. The summed E-state index contributed by atoms with van der Waals surface area (Å²) < 4.78 is 5.48. The number of nitrogens with one attached hydrogen (secondary N) is 1. The zero-order chi connectivity index (χ0) is 20.2. The quantitative estimate of drug-likeness (QED) is 0.724. The Hall–Kier alpha value is -2.34. The van der Waals surface area contributed by atoms with E-state index in [-0.39, 0.29) is 18.1 Å². The first-order valence-electron chi connectivity index (χ1n) is 8.96. The van der Waals surface area contributed by atoms with Crippen molar-refractivity contribution in [1.82, 2.24) is 5.32 Å². The van der Waals surface area contributed by atoms with Gasteiger partial charge in [0.15, 0.2) is 0 Å². The van der Waals surface area contributed by atoms with E-state index in [0.29, 0.717) is 10.8 Å². The highest BCUT2D eigenvalue weighted by Gasteiger charge is 2.27. The fourth-order valence-electron chi connectivity index (χ4n) is 2.45. The Morgan fingerprint density at radius 1 is 1.11 bits per heavy atom. The molecule has 1 unspecified atom stereocenters. The highest BCUT2D eigenvalue weighted by atomic mass is 32.1. The molecule has 0 aliphatic carbocycles. The van der Waals surface area contributed by atoms with Gasteiger partial charge in [-0.15, -0.1) is 11.3 Å². The molecule has 1 heterocycles. The largest absolute Gasteiger partial charge is 0.508 e. The lowest BCUT2D eigenvalue weighted by Crippen LogP contribution is -2.45. The van der Waals surface area contributed by atoms with Crippen molar-refractivity contribution in [2.75, 3.05) is 0 Å². The maximum atomic E-state index is 12.7. The molecular formula is C21H27NO4S. The standard InChI is InChI=1S/C21H27NO4S/c1-13(2)17-10-11-18(27-17)19(24)22-16(20(25)26-21(3,4)5)12-14-6-8-15(23)9-7-14/h6-11,13,16,23H,12H2,1-5H3,(H,22,24). The van der Waals surface area contributed by atoms with Crippen LogP contribution in [-0.2, 0) is 16.0 Å². The molecule has 6 heteroatoms. The molecule has 1 atom stereocenters. The van der Waals surface area contributed by atoms with Crippen LogP contribution in [0.2, 0.25) is 0 Å². The number of amides is 1. The molecule has 0 radical (unpaired) electrons. The summed E-state index contributed by atoms with van der Waals surface area (Å²) in [5.74, 6) is -0.280. The highest BCUT2D eigenvalue weighted by Crippen LogP contribution is 2.24. The highest BCUT2D eigenvalue weighted by molar-refractivity contribution is 7.14. The van der Waals surface area contributed by atoms with Crippen LogP contribution in [0.5, 0.6) is 5.75 Å². The van der Waals surface area contributed by atoms with Crippen LogP contribution in [0.1, 0.15) is 60.6 Å². The zero-order valence-corrected chi connectivity index (χ0v) is 17.2. The Bertz CT molecular complexity index is 787. The second-order valence-corrected chi connectivity index (χ2v) is 8.90. The molecule has 2 aromatic rings. The first-order valence-corrected chi connectivity index (χ1v) is 9.78. The SMILES string of the molecule is CC(C)c1ccc(C(=O)NC(Cc2ccc(O)cc2)C(=O)OC(C)(C)C)s1. The van der Waals surface area contributed by atoms with Gasteiger partial charge in [-0.3, -0.25) is 4.79 Å². The molecule has 2 N–H and O–H groups in total. The normalized spacial score (nSPS) is 12.7. The van der Waals surface area contributed by atoms with E-state index in [1.54, 1.807) is 51.1 Å². The van der Waals surface area contributed by atoms with Crippen molar-refractivity contribution in [2.45, 2.75) is 58.6 Å². The molecule has 0 saturated carbocycles. The lowest BCUT2D eigenvalue weighted by atomic mass is 10.1. The topological polar surface area (TPSA) is 75.6 Å². The third kappa shape index (κ3) is 6.40. The molecule has 27 heavy (non-hydrogen) atoms. The van der Waals surface area contributed by atoms with Crippen LogP contribution in [0.25, 0.3) is 0 Å². The van der Waals surface area contributed by atoms with Crippen LogP contribution in [0.15, 0.2) is 36.4 Å². The van der Waals surface area contributed by atoms with Gasteiger partial charge in [0, 0.05) is 11.3 Å². The molecule has 0 saturated heterocycles. The van der Waals surface area contributed by atoms with Gasteiger partial charge in [-0.25, -0.2) is 4.79 Å². The van der Waals surface area contributed by atoms with Crippen molar-refractivity contribution in [3.8, 4) is 5.75 Å². The third-order valence-corrected chi connectivity index (χ3v) is 5.18. The maximum Gasteiger partial charge on any atom is 0.329 e. The van der Waals surface area contributed by atoms with Crippen LogP contribution in [0.3, 0.4) is 0 Å². The van der Waals surface area contributed by atoms with Gasteiger partial charge in [0.1, 0.15) is 17.4 Å². The Balaban J connectivity index is 2.18. The van der Waals surface area contributed by atoms with E-state index >= 15 is 0 Å². The van der Waals surface area contributed by atoms with Crippen molar-refractivity contribution in [3.63, 3.8) is 0 Å². The van der Waals surface area contributed by atoms with E-state index in [1.165, 1.54) is 11.3 Å². The minimum atomic E-state index is -0.814. The number of hydrogen-bond acceptors (Lipinski definition) is 5. The number of carbonyl (C=O) groups excluding carboxylic acids is 2. The lowest BCUT2D eigenvalue weighted by Gasteiger charge is -2.24. The van der Waals surface area contributed by atoms with Crippen molar-refractivity contribution >= 4 is 23.2 Å². The maximum absolute atomic E-state index is 12.7. The van der Waals surface area contributed by atoms with Crippen molar-refractivity contribution in [2.24, 2.45) is 0 Å². The van der Waals surface area contributed by atoms with Gasteiger partial charge in [-0.05, 0) is 56.5 Å². The van der Waals surface area contributed by atoms with Gasteiger partial charge in [-0.2, -0.15) is 0 Å². The summed E-state index contributed by atoms with van der Waals surface area (Å²) in [6.07, 6.45) is 0.281. The fraction of sp³-hybridized carbons (Fsp3) is 0.429. The number of rotatable bonds is 6. The van der Waals surface area contributed by atoms with Gasteiger partial charge in [0.25, 0.3) is 5.91 Å². The number of thiophene rings is 1. The van der Waals surface area contributed by atoms with E-state index in [1.807, 2.05) is 6.07 Å². The number of hydrogen-bond donors (Lipinski definition) is 2. The van der Waals surface area contributed by atoms with Gasteiger partial charge in [0.2, 0.25) is 0 Å². The number of ether oxygens (including phenoxy) is 1. The van der Waals surface area contributed by atoms with E-state index < -0.39 is 17.6 Å². The Kier molecular flexibility index (Phi) is 6.65. The molecule has 2 rings (SSSR count). The fourth-order valence-corrected chi connectivity index (χ4v) is 3.36. The zero-order valence-electron chi connectivity index (χ0n) is 16.4. The summed E-state index contributed by atoms with van der Waals surface area (Å²) in [5, 5.41) is 12.2. The molecule has 0 aliphatic rings. The number of benzene rings is 1. The molecule has 0 aliphatic heterocycles. The second kappa shape index (κ2) is 8.57. The molecule has 5 nitrogen and oxygen atoms in total. The van der Waals surface area contributed by atoms with Gasteiger partial charge >= 0.3 is 5.97 Å². The first kappa shape index (κ1) is 21.0. The van der Waals surface area contributed by atoms with Crippen LogP contribution in [0.4, 0.5) is 0 Å². The number of esters is 1. The summed E-state index contributed by atoms with van der Waals surface area (Å²) in [6.45, 7) is 9.51. The predicted molar refractivity (Wildman–Crippen MR) is 107 cm³/mol. The summed E-state index contributed by atoms with van der Waals surface area (Å²) in [4.78, 5) is 27.0.